The van der Waals surface area contributed by atoms with Crippen molar-refractivity contribution < 1.29 is 14.4 Å². The van der Waals surface area contributed by atoms with Crippen LogP contribution in [0.25, 0.3) is 0 Å². The van der Waals surface area contributed by atoms with Gasteiger partial charge in [-0.2, -0.15) is 0 Å². The lowest BCUT2D eigenvalue weighted by atomic mass is 10.1. The van der Waals surface area contributed by atoms with E-state index in [9.17, 15) is 9.59 Å². The molecular weight excluding hydrogens is 222 g/mol. The monoisotopic (exact) mass is 235 g/mol. The van der Waals surface area contributed by atoms with Crippen molar-refractivity contribution in [2.45, 2.75) is 13.1 Å². The lowest BCUT2D eigenvalue weighted by Crippen LogP contribution is -2.29. The van der Waals surface area contributed by atoms with Crippen LogP contribution in [-0.4, -0.2) is 18.4 Å². The summed E-state index contributed by atoms with van der Waals surface area (Å²) in [7, 11) is 0. The number of nitrogens with one attached hydrogen (secondary N) is 2. The third-order valence-electron chi connectivity index (χ3n) is 2.48. The second-order valence-corrected chi connectivity index (χ2v) is 3.77. The Kier molecular flexibility index (Phi) is 3.36. The van der Waals surface area contributed by atoms with Crippen molar-refractivity contribution in [2.24, 2.45) is 5.73 Å². The highest BCUT2D eigenvalue weighted by atomic mass is 16.7. The Morgan fingerprint density at radius 1 is 1.35 bits per heavy atom. The molecule has 17 heavy (non-hydrogen) atoms. The van der Waals surface area contributed by atoms with Crippen molar-refractivity contribution in [3.63, 3.8) is 0 Å². The first-order chi connectivity index (χ1) is 8.16. The van der Waals surface area contributed by atoms with Gasteiger partial charge in [-0.1, -0.05) is 6.07 Å². The summed E-state index contributed by atoms with van der Waals surface area (Å²) in [6.45, 7) is 1.26. The summed E-state index contributed by atoms with van der Waals surface area (Å²) < 4.78 is 0. The predicted octanol–water partition coefficient (Wildman–Crippen LogP) is -0.564. The van der Waals surface area contributed by atoms with Crippen molar-refractivity contribution >= 4 is 11.8 Å². The van der Waals surface area contributed by atoms with Crippen molar-refractivity contribution in [2.75, 3.05) is 6.61 Å². The first-order valence-corrected chi connectivity index (χ1v) is 5.20. The Bertz CT molecular complexity index is 459. The first kappa shape index (κ1) is 11.6. The summed E-state index contributed by atoms with van der Waals surface area (Å²) >= 11 is 0. The van der Waals surface area contributed by atoms with Gasteiger partial charge in [0.2, 0.25) is 5.91 Å². The molecule has 1 aliphatic heterocycles. The Labute approximate surface area is 98.1 Å². The predicted molar refractivity (Wildman–Crippen MR) is 59.6 cm³/mol. The van der Waals surface area contributed by atoms with Gasteiger partial charge in [0.25, 0.3) is 5.91 Å². The van der Waals surface area contributed by atoms with Crippen LogP contribution < -0.4 is 16.5 Å². The number of benzene rings is 1. The van der Waals surface area contributed by atoms with Crippen molar-refractivity contribution in [3.05, 3.63) is 34.9 Å². The van der Waals surface area contributed by atoms with Gasteiger partial charge >= 0.3 is 0 Å². The fourth-order valence-corrected chi connectivity index (χ4v) is 1.67. The number of rotatable bonds is 4. The fraction of sp³-hybridized carbons (Fsp3) is 0.273. The molecule has 0 aromatic heterocycles. The van der Waals surface area contributed by atoms with Gasteiger partial charge in [0.1, 0.15) is 0 Å². The molecule has 4 N–H and O–H groups in total. The van der Waals surface area contributed by atoms with Gasteiger partial charge in [0, 0.05) is 18.7 Å². The topological polar surface area (TPSA) is 93.5 Å². The van der Waals surface area contributed by atoms with E-state index < -0.39 is 5.91 Å². The van der Waals surface area contributed by atoms with Crippen molar-refractivity contribution in [1.29, 1.82) is 0 Å². The van der Waals surface area contributed by atoms with E-state index in [-0.39, 0.29) is 12.5 Å². The summed E-state index contributed by atoms with van der Waals surface area (Å²) in [6, 6.07) is 5.42. The summed E-state index contributed by atoms with van der Waals surface area (Å²) in [5.74, 6) is -1.02. The minimum atomic E-state index is -0.636. The van der Waals surface area contributed by atoms with Crippen LogP contribution in [0.15, 0.2) is 18.2 Å². The molecule has 6 heteroatoms. The van der Waals surface area contributed by atoms with E-state index in [1.54, 1.807) is 12.1 Å². The van der Waals surface area contributed by atoms with Gasteiger partial charge < -0.3 is 11.1 Å². The van der Waals surface area contributed by atoms with Crippen LogP contribution >= 0.6 is 0 Å². The zero-order valence-electron chi connectivity index (χ0n) is 9.16. The van der Waals surface area contributed by atoms with E-state index in [2.05, 4.69) is 15.6 Å². The highest BCUT2D eigenvalue weighted by molar-refractivity contribution is 5.93. The van der Waals surface area contributed by atoms with Crippen LogP contribution in [0, 0.1) is 0 Å². The zero-order chi connectivity index (χ0) is 12.3. The fourth-order valence-electron chi connectivity index (χ4n) is 1.67. The van der Waals surface area contributed by atoms with E-state index >= 15 is 0 Å². The second kappa shape index (κ2) is 4.94. The van der Waals surface area contributed by atoms with Gasteiger partial charge in [-0.3, -0.25) is 14.4 Å². The molecule has 1 heterocycles. The number of fused-ring (bicyclic) bond motifs is 1. The highest BCUT2D eigenvalue weighted by Gasteiger charge is 2.13. The maximum atomic E-state index is 11.6. The molecule has 0 radical (unpaired) electrons. The zero-order valence-corrected chi connectivity index (χ0v) is 9.16. The van der Waals surface area contributed by atoms with Crippen LogP contribution in [0.2, 0.25) is 0 Å². The van der Waals surface area contributed by atoms with Crippen LogP contribution in [0.1, 0.15) is 21.5 Å². The number of hydroxylamine groups is 1. The maximum absolute atomic E-state index is 11.6. The van der Waals surface area contributed by atoms with Crippen LogP contribution in [0.3, 0.4) is 0 Å². The number of amides is 2. The third kappa shape index (κ3) is 2.80. The molecule has 1 aromatic carbocycles. The summed E-state index contributed by atoms with van der Waals surface area (Å²) in [4.78, 5) is 26.7. The van der Waals surface area contributed by atoms with Crippen LogP contribution in [0.5, 0.6) is 0 Å². The molecule has 1 aliphatic rings. The minimum Gasteiger partial charge on any atom is -0.368 e. The number of carbonyl (C=O) groups excluding carboxylic acids is 2. The Balaban J connectivity index is 1.97. The smallest absolute Gasteiger partial charge is 0.274 e. The summed E-state index contributed by atoms with van der Waals surface area (Å²) in [5.41, 5.74) is 9.82. The van der Waals surface area contributed by atoms with Gasteiger partial charge in [-0.15, -0.1) is 0 Å². The van der Waals surface area contributed by atoms with Crippen molar-refractivity contribution in [1.82, 2.24) is 10.8 Å². The van der Waals surface area contributed by atoms with E-state index in [1.807, 2.05) is 6.07 Å². The Hall–Kier alpha value is -1.92. The molecule has 2 rings (SSSR count). The molecule has 6 nitrogen and oxygen atoms in total. The largest absolute Gasteiger partial charge is 0.368 e. The van der Waals surface area contributed by atoms with E-state index in [1.165, 1.54) is 5.56 Å². The Morgan fingerprint density at radius 3 is 2.88 bits per heavy atom. The van der Waals surface area contributed by atoms with Crippen LogP contribution in [0.4, 0.5) is 0 Å². The molecule has 0 aliphatic carbocycles. The summed E-state index contributed by atoms with van der Waals surface area (Å²) in [6.07, 6.45) is 0. The number of carbonyl (C=O) groups is 2. The van der Waals surface area contributed by atoms with Gasteiger partial charge in [-0.05, 0) is 23.3 Å². The Morgan fingerprint density at radius 2 is 2.12 bits per heavy atom. The van der Waals surface area contributed by atoms with Gasteiger partial charge in [-0.25, -0.2) is 5.48 Å². The molecule has 0 bridgehead atoms. The van der Waals surface area contributed by atoms with E-state index in [4.69, 9.17) is 5.73 Å². The molecule has 0 atom stereocenters. The second-order valence-electron chi connectivity index (χ2n) is 3.77. The molecule has 0 saturated carbocycles. The molecule has 1 aromatic rings. The molecular formula is C11H13N3O3. The number of nitrogens with two attached hydrogens (primary N) is 1. The SMILES string of the molecule is NC(=O)CONC(=O)c1ccc2c(c1)CNC2. The first-order valence-electron chi connectivity index (χ1n) is 5.20. The average molecular weight is 235 g/mol. The number of hydrogen-bond donors (Lipinski definition) is 3. The maximum Gasteiger partial charge on any atom is 0.274 e. The van der Waals surface area contributed by atoms with Gasteiger partial charge in [0.15, 0.2) is 6.61 Å². The van der Waals surface area contributed by atoms with Crippen LogP contribution in [-0.2, 0) is 22.7 Å². The minimum absolute atomic E-state index is 0.335. The summed E-state index contributed by atoms with van der Waals surface area (Å²) in [5, 5.41) is 3.19. The van der Waals surface area contributed by atoms with Crippen molar-refractivity contribution in [3.8, 4) is 0 Å². The average Bonchev–Trinajstić information content (AvgIpc) is 2.75. The molecule has 0 saturated heterocycles. The standard InChI is InChI=1S/C11H13N3O3/c12-10(15)6-17-14-11(16)7-1-2-8-4-13-5-9(8)3-7/h1-3,13H,4-6H2,(H2,12,15)(H,14,16). The molecule has 90 valence electrons. The van der Waals surface area contributed by atoms with Gasteiger partial charge in [0.05, 0.1) is 0 Å². The molecule has 0 fully saturated rings. The lowest BCUT2D eigenvalue weighted by Gasteiger charge is -2.05. The van der Waals surface area contributed by atoms with E-state index in [0.717, 1.165) is 18.7 Å². The number of hydrogen-bond acceptors (Lipinski definition) is 4. The third-order valence-corrected chi connectivity index (χ3v) is 2.48. The molecule has 0 spiro atoms. The highest BCUT2D eigenvalue weighted by Crippen LogP contribution is 2.16. The quantitative estimate of drug-likeness (QED) is 0.610. The van der Waals surface area contributed by atoms with E-state index in [0.29, 0.717) is 5.56 Å². The molecule has 2 amide bonds. The lowest BCUT2D eigenvalue weighted by molar-refractivity contribution is -0.124. The molecule has 0 unspecified atom stereocenters. The normalized spacial score (nSPS) is 13.2. The number of primary amides is 1.